The molecule has 0 bridgehead atoms. The minimum Gasteiger partial charge on any atom is -0.381 e. The number of nitrogens with one attached hydrogen (secondary N) is 1. The molecule has 0 saturated carbocycles. The molecule has 1 heterocycles. The van der Waals surface area contributed by atoms with E-state index in [1.165, 1.54) is 12.1 Å². The van der Waals surface area contributed by atoms with Crippen molar-refractivity contribution >= 4 is 23.0 Å². The van der Waals surface area contributed by atoms with Crippen LogP contribution in [0.1, 0.15) is 26.7 Å². The Bertz CT molecular complexity index is 502. The third-order valence-corrected chi connectivity index (χ3v) is 4.66. The van der Waals surface area contributed by atoms with Crippen LogP contribution in [-0.2, 0) is 0 Å². The Kier molecular flexibility index (Phi) is 5.42. The molecule has 5 nitrogen and oxygen atoms in total. The molecule has 1 aliphatic heterocycles. The average Bonchev–Trinajstić information content (AvgIpc) is 2.49. The maximum absolute atomic E-state index is 10.9. The van der Waals surface area contributed by atoms with Gasteiger partial charge in [-0.05, 0) is 51.4 Å². The third kappa shape index (κ3) is 4.08. The van der Waals surface area contributed by atoms with Gasteiger partial charge in [-0.25, -0.2) is 0 Å². The molecule has 0 spiro atoms. The number of benzene rings is 1. The summed E-state index contributed by atoms with van der Waals surface area (Å²) < 4.78 is 0. The van der Waals surface area contributed by atoms with E-state index >= 15 is 0 Å². The number of piperidine rings is 1. The Hall–Kier alpha value is -1.33. The smallest absolute Gasteiger partial charge is 0.271 e. The predicted molar refractivity (Wildman–Crippen MR) is 86.0 cm³/mol. The van der Waals surface area contributed by atoms with Gasteiger partial charge in [0.2, 0.25) is 0 Å². The van der Waals surface area contributed by atoms with Gasteiger partial charge in [0.05, 0.1) is 15.6 Å². The Labute approximate surface area is 130 Å². The van der Waals surface area contributed by atoms with E-state index in [2.05, 4.69) is 24.1 Å². The van der Waals surface area contributed by atoms with Crippen LogP contribution < -0.4 is 5.32 Å². The third-order valence-electron chi connectivity index (χ3n) is 4.33. The number of anilines is 1. The summed E-state index contributed by atoms with van der Waals surface area (Å²) in [6, 6.07) is 4.77. The average molecular weight is 312 g/mol. The topological polar surface area (TPSA) is 58.4 Å². The van der Waals surface area contributed by atoms with Crippen LogP contribution in [0.15, 0.2) is 18.2 Å². The lowest BCUT2D eigenvalue weighted by molar-refractivity contribution is -0.384. The van der Waals surface area contributed by atoms with Crippen LogP contribution >= 0.6 is 11.6 Å². The quantitative estimate of drug-likeness (QED) is 0.664. The van der Waals surface area contributed by atoms with E-state index in [0.29, 0.717) is 16.6 Å². The summed E-state index contributed by atoms with van der Waals surface area (Å²) in [5.41, 5.74) is 0.714. The number of likely N-dealkylation sites (tertiary alicyclic amines) is 1. The van der Waals surface area contributed by atoms with Gasteiger partial charge in [-0.3, -0.25) is 10.1 Å². The molecule has 0 aliphatic carbocycles. The van der Waals surface area contributed by atoms with E-state index in [9.17, 15) is 10.1 Å². The first-order chi connectivity index (χ1) is 10.0. The standard InChI is InChI=1S/C15H22ClN3O2/c1-3-18-8-6-12(7-9-18)11(2)17-15-10-13(19(20)21)4-5-14(15)16/h4-5,10-12,17H,3,6-9H2,1-2H3. The predicted octanol–water partition coefficient (Wildman–Crippen LogP) is 3.78. The number of hydrogen-bond acceptors (Lipinski definition) is 4. The first kappa shape index (κ1) is 16.0. The van der Waals surface area contributed by atoms with Gasteiger partial charge in [0.25, 0.3) is 5.69 Å². The zero-order chi connectivity index (χ0) is 15.4. The molecule has 0 radical (unpaired) electrons. The maximum Gasteiger partial charge on any atom is 0.271 e. The van der Waals surface area contributed by atoms with Crippen LogP contribution in [0.4, 0.5) is 11.4 Å². The lowest BCUT2D eigenvalue weighted by atomic mass is 9.90. The first-order valence-corrected chi connectivity index (χ1v) is 7.82. The highest BCUT2D eigenvalue weighted by Gasteiger charge is 2.24. The van der Waals surface area contributed by atoms with E-state index in [1.807, 2.05) is 0 Å². The van der Waals surface area contributed by atoms with Gasteiger partial charge in [0.1, 0.15) is 0 Å². The van der Waals surface area contributed by atoms with Crippen molar-refractivity contribution in [2.75, 3.05) is 25.0 Å². The van der Waals surface area contributed by atoms with Crippen LogP contribution in [0.25, 0.3) is 0 Å². The van der Waals surface area contributed by atoms with Gasteiger partial charge >= 0.3 is 0 Å². The van der Waals surface area contributed by atoms with E-state index in [-0.39, 0.29) is 11.7 Å². The van der Waals surface area contributed by atoms with E-state index in [0.717, 1.165) is 32.5 Å². The highest BCUT2D eigenvalue weighted by atomic mass is 35.5. The van der Waals surface area contributed by atoms with Crippen LogP contribution in [0.5, 0.6) is 0 Å². The largest absolute Gasteiger partial charge is 0.381 e. The fraction of sp³-hybridized carbons (Fsp3) is 0.600. The van der Waals surface area contributed by atoms with E-state index < -0.39 is 4.92 Å². The van der Waals surface area contributed by atoms with Gasteiger partial charge in [0.15, 0.2) is 0 Å². The van der Waals surface area contributed by atoms with E-state index in [4.69, 9.17) is 11.6 Å². The van der Waals surface area contributed by atoms with Crippen molar-refractivity contribution in [3.05, 3.63) is 33.3 Å². The van der Waals surface area contributed by atoms with Crippen LogP contribution in [-0.4, -0.2) is 35.5 Å². The minimum atomic E-state index is -0.397. The van der Waals surface area contributed by atoms with Gasteiger partial charge in [-0.15, -0.1) is 0 Å². The number of nitro groups is 1. The molecule has 1 saturated heterocycles. The molecule has 21 heavy (non-hydrogen) atoms. The van der Waals surface area contributed by atoms with Crippen molar-refractivity contribution < 1.29 is 4.92 Å². The highest BCUT2D eigenvalue weighted by molar-refractivity contribution is 6.33. The number of non-ortho nitro benzene ring substituents is 1. The van der Waals surface area contributed by atoms with Crippen molar-refractivity contribution in [1.29, 1.82) is 0 Å². The summed E-state index contributed by atoms with van der Waals surface area (Å²) >= 11 is 6.14. The van der Waals surface area contributed by atoms with Gasteiger partial charge in [-0.1, -0.05) is 18.5 Å². The molecule has 1 aliphatic rings. The normalized spacial score (nSPS) is 18.4. The first-order valence-electron chi connectivity index (χ1n) is 7.44. The second-order valence-electron chi connectivity index (χ2n) is 5.63. The molecule has 2 rings (SSSR count). The summed E-state index contributed by atoms with van der Waals surface area (Å²) in [6.07, 6.45) is 2.29. The number of nitrogens with zero attached hydrogens (tertiary/aromatic N) is 2. The van der Waals surface area contributed by atoms with Gasteiger partial charge in [-0.2, -0.15) is 0 Å². The summed E-state index contributed by atoms with van der Waals surface area (Å²) in [5, 5.41) is 14.7. The van der Waals surface area contributed by atoms with Crippen molar-refractivity contribution in [3.8, 4) is 0 Å². The van der Waals surface area contributed by atoms with Crippen molar-refractivity contribution in [2.24, 2.45) is 5.92 Å². The zero-order valence-corrected chi connectivity index (χ0v) is 13.3. The molecule has 0 amide bonds. The molecule has 1 atom stereocenters. The Balaban J connectivity index is 2.01. The van der Waals surface area contributed by atoms with Crippen molar-refractivity contribution in [2.45, 2.75) is 32.7 Å². The zero-order valence-electron chi connectivity index (χ0n) is 12.5. The summed E-state index contributed by atoms with van der Waals surface area (Å²) in [5.74, 6) is 0.572. The molecule has 1 unspecified atom stereocenters. The molecule has 1 N–H and O–H groups in total. The van der Waals surface area contributed by atoms with Crippen molar-refractivity contribution in [1.82, 2.24) is 4.90 Å². The summed E-state index contributed by atoms with van der Waals surface area (Å²) in [6.45, 7) is 7.66. The molecule has 0 aromatic heterocycles. The van der Waals surface area contributed by atoms with Crippen molar-refractivity contribution in [3.63, 3.8) is 0 Å². The monoisotopic (exact) mass is 311 g/mol. The van der Waals surface area contributed by atoms with Gasteiger partial charge < -0.3 is 10.2 Å². The molecule has 116 valence electrons. The second kappa shape index (κ2) is 7.09. The number of nitro benzene ring substituents is 1. The number of halogens is 1. The molecule has 1 aromatic rings. The molecule has 1 fully saturated rings. The fourth-order valence-corrected chi connectivity index (χ4v) is 3.04. The summed E-state index contributed by atoms with van der Waals surface area (Å²) in [4.78, 5) is 12.9. The number of rotatable bonds is 5. The lowest BCUT2D eigenvalue weighted by Gasteiger charge is -2.35. The van der Waals surface area contributed by atoms with Crippen LogP contribution in [0, 0.1) is 16.0 Å². The molecule has 1 aromatic carbocycles. The summed E-state index contributed by atoms with van der Waals surface area (Å²) in [7, 11) is 0. The Morgan fingerprint density at radius 1 is 1.48 bits per heavy atom. The van der Waals surface area contributed by atoms with Crippen LogP contribution in [0.3, 0.4) is 0 Å². The van der Waals surface area contributed by atoms with E-state index in [1.54, 1.807) is 6.07 Å². The Morgan fingerprint density at radius 3 is 2.71 bits per heavy atom. The molecule has 6 heteroatoms. The van der Waals surface area contributed by atoms with Gasteiger partial charge in [0, 0.05) is 18.2 Å². The lowest BCUT2D eigenvalue weighted by Crippen LogP contribution is -2.39. The SMILES string of the molecule is CCN1CCC(C(C)Nc2cc([N+](=O)[O-])ccc2Cl)CC1. The Morgan fingerprint density at radius 2 is 2.14 bits per heavy atom. The minimum absolute atomic E-state index is 0.0647. The fourth-order valence-electron chi connectivity index (χ4n) is 2.87. The number of hydrogen-bond donors (Lipinski definition) is 1. The molecular formula is C15H22ClN3O2. The highest BCUT2D eigenvalue weighted by Crippen LogP contribution is 2.30. The van der Waals surface area contributed by atoms with Crippen LogP contribution in [0.2, 0.25) is 5.02 Å². The molecular weight excluding hydrogens is 290 g/mol. The second-order valence-corrected chi connectivity index (χ2v) is 6.03. The maximum atomic E-state index is 10.9.